The van der Waals surface area contributed by atoms with Gasteiger partial charge in [-0.2, -0.15) is 0 Å². The average molecular weight is 893 g/mol. The Morgan fingerprint density at radius 3 is 1.99 bits per heavy atom. The van der Waals surface area contributed by atoms with Crippen molar-refractivity contribution < 1.29 is 0 Å². The van der Waals surface area contributed by atoms with Crippen molar-refractivity contribution >= 4 is 51.5 Å². The summed E-state index contributed by atoms with van der Waals surface area (Å²) in [6.45, 7) is 32.5. The Balaban J connectivity index is 1.13. The number of rotatable bonds is 2. The lowest BCUT2D eigenvalue weighted by Gasteiger charge is -2.53. The van der Waals surface area contributed by atoms with Crippen molar-refractivity contribution in [3.8, 4) is 11.1 Å². The molecule has 0 N–H and O–H groups in total. The molecule has 7 aliphatic rings. The molecule has 6 aromatic rings. The van der Waals surface area contributed by atoms with Gasteiger partial charge < -0.3 is 9.80 Å². The molecular formula is C65H73BN2. The van der Waals surface area contributed by atoms with Gasteiger partial charge in [0.15, 0.2) is 0 Å². The van der Waals surface area contributed by atoms with Crippen molar-refractivity contribution in [1.82, 2.24) is 0 Å². The molecular weight excluding hydrogens is 820 g/mol. The van der Waals surface area contributed by atoms with Gasteiger partial charge in [0.1, 0.15) is 0 Å². The third-order valence-electron chi connectivity index (χ3n) is 20.5. The molecule has 3 heterocycles. The molecule has 3 heteroatoms. The Morgan fingerprint density at radius 2 is 1.22 bits per heavy atom. The first kappa shape index (κ1) is 43.0. The summed E-state index contributed by atoms with van der Waals surface area (Å²) >= 11 is 0. The lowest BCUT2D eigenvalue weighted by Crippen LogP contribution is -2.64. The van der Waals surface area contributed by atoms with Crippen LogP contribution in [0.1, 0.15) is 190 Å². The van der Waals surface area contributed by atoms with Crippen LogP contribution in [-0.2, 0) is 27.1 Å². The molecule has 5 atom stereocenters. The number of hydrogen-bond acceptors (Lipinski definition) is 2. The number of fused-ring (bicyclic) bond motifs is 13. The van der Waals surface area contributed by atoms with Gasteiger partial charge in [0.05, 0.1) is 11.2 Å². The molecule has 5 unspecified atom stereocenters. The van der Waals surface area contributed by atoms with E-state index < -0.39 is 0 Å². The fourth-order valence-electron chi connectivity index (χ4n) is 16.4. The number of anilines is 5. The fraction of sp³-hybridized carbons (Fsp3) is 0.446. The Morgan fingerprint density at radius 1 is 0.544 bits per heavy atom. The highest BCUT2D eigenvalue weighted by molar-refractivity contribution is 7.00. The van der Waals surface area contributed by atoms with Crippen molar-refractivity contribution in [1.29, 1.82) is 0 Å². The molecule has 4 aliphatic carbocycles. The predicted molar refractivity (Wildman–Crippen MR) is 290 cm³/mol. The van der Waals surface area contributed by atoms with E-state index in [9.17, 15) is 0 Å². The second-order valence-electron chi connectivity index (χ2n) is 26.5. The van der Waals surface area contributed by atoms with Crippen LogP contribution in [0.2, 0.25) is 0 Å². The fourth-order valence-corrected chi connectivity index (χ4v) is 16.4. The maximum Gasteiger partial charge on any atom is 0.252 e. The third-order valence-corrected chi connectivity index (χ3v) is 20.5. The zero-order chi connectivity index (χ0) is 47.5. The largest absolute Gasteiger partial charge is 0.335 e. The maximum absolute atomic E-state index is 2.92. The van der Waals surface area contributed by atoms with Crippen molar-refractivity contribution in [2.24, 2.45) is 5.41 Å². The van der Waals surface area contributed by atoms with Crippen LogP contribution in [0.4, 0.5) is 28.4 Å². The van der Waals surface area contributed by atoms with E-state index in [2.05, 4.69) is 203 Å². The van der Waals surface area contributed by atoms with Gasteiger partial charge >= 0.3 is 0 Å². The first-order chi connectivity index (χ1) is 32.1. The first-order valence-corrected chi connectivity index (χ1v) is 26.6. The second-order valence-corrected chi connectivity index (χ2v) is 26.5. The van der Waals surface area contributed by atoms with Gasteiger partial charge in [0.2, 0.25) is 0 Å². The lowest BCUT2D eigenvalue weighted by molar-refractivity contribution is 0.0923. The smallest absolute Gasteiger partial charge is 0.252 e. The van der Waals surface area contributed by atoms with Crippen molar-refractivity contribution in [3.63, 3.8) is 0 Å². The summed E-state index contributed by atoms with van der Waals surface area (Å²) in [6.07, 6.45) is 10.1. The third kappa shape index (κ3) is 5.17. The molecule has 13 rings (SSSR count). The van der Waals surface area contributed by atoms with Crippen LogP contribution < -0.4 is 26.2 Å². The average Bonchev–Trinajstić information content (AvgIpc) is 3.75. The number of benzene rings is 6. The second kappa shape index (κ2) is 13.4. The van der Waals surface area contributed by atoms with Crippen LogP contribution in [-0.4, -0.2) is 12.3 Å². The van der Waals surface area contributed by atoms with Gasteiger partial charge in [-0.1, -0.05) is 181 Å². The normalized spacial score (nSPS) is 27.7. The van der Waals surface area contributed by atoms with Gasteiger partial charge in [0.25, 0.3) is 6.71 Å². The minimum absolute atomic E-state index is 0.0140. The zero-order valence-electron chi connectivity index (χ0n) is 43.5. The van der Waals surface area contributed by atoms with Crippen LogP contribution in [0.3, 0.4) is 0 Å². The molecule has 0 amide bonds. The molecule has 0 aromatic heterocycles. The van der Waals surface area contributed by atoms with E-state index in [1.54, 1.807) is 16.7 Å². The Labute approximate surface area is 409 Å². The number of aryl methyl sites for hydroxylation is 1. The highest BCUT2D eigenvalue weighted by Gasteiger charge is 2.63. The summed E-state index contributed by atoms with van der Waals surface area (Å²) in [4.78, 5) is 5.72. The molecule has 6 aromatic carbocycles. The van der Waals surface area contributed by atoms with Crippen LogP contribution in [0.15, 0.2) is 103 Å². The number of hydrogen-bond donors (Lipinski definition) is 0. The molecule has 2 nitrogen and oxygen atoms in total. The quantitative estimate of drug-likeness (QED) is 0.160. The first-order valence-electron chi connectivity index (χ1n) is 26.6. The molecule has 346 valence electrons. The van der Waals surface area contributed by atoms with Gasteiger partial charge in [-0.3, -0.25) is 0 Å². The molecule has 68 heavy (non-hydrogen) atoms. The summed E-state index contributed by atoms with van der Waals surface area (Å²) < 4.78 is 0. The highest BCUT2D eigenvalue weighted by Crippen LogP contribution is 2.68. The molecule has 0 spiro atoms. The van der Waals surface area contributed by atoms with Crippen LogP contribution in [0.5, 0.6) is 0 Å². The standard InChI is InChI=1S/C65H73BN2/c1-39-33-53-57-54(34-39)68-58-48(63(11)30-18-19-32-65(63,68)13)37-42(60(5,6)7)38-50(58)66(57)49-28-25-40(55-45-27-26-41(59(2,3)4)36-47(45)62(10)29-16-17-31-64(55,62)12)35-52(49)67(53)51-24-20-22-44-43-21-14-15-23-46(43)61(8,9)56(44)51/h14-15,20-28,33-38,55H,16-19,29-32H2,1-13H3. The van der Waals surface area contributed by atoms with Crippen LogP contribution >= 0.6 is 0 Å². The Bertz CT molecular complexity index is 3190. The summed E-state index contributed by atoms with van der Waals surface area (Å²) in [5.74, 6) is 0.305. The Kier molecular flexibility index (Phi) is 8.50. The van der Waals surface area contributed by atoms with E-state index in [1.165, 1.54) is 141 Å². The zero-order valence-corrected chi connectivity index (χ0v) is 43.5. The van der Waals surface area contributed by atoms with Crippen LogP contribution in [0, 0.1) is 12.3 Å². The topological polar surface area (TPSA) is 6.48 Å². The van der Waals surface area contributed by atoms with E-state index in [0.717, 1.165) is 0 Å². The van der Waals surface area contributed by atoms with Gasteiger partial charge in [-0.05, 0) is 163 Å². The van der Waals surface area contributed by atoms with E-state index in [-0.39, 0.29) is 44.7 Å². The minimum Gasteiger partial charge on any atom is -0.335 e. The summed E-state index contributed by atoms with van der Waals surface area (Å²) in [6, 6.07) is 42.6. The van der Waals surface area contributed by atoms with E-state index in [4.69, 9.17) is 0 Å². The molecule has 0 bridgehead atoms. The van der Waals surface area contributed by atoms with Gasteiger partial charge in [-0.15, -0.1) is 0 Å². The monoisotopic (exact) mass is 893 g/mol. The molecule has 0 saturated heterocycles. The molecule has 0 radical (unpaired) electrons. The molecule has 3 aliphatic heterocycles. The SMILES string of the molecule is Cc1cc2c3c(c1)N1c4c(cc(C(C)(C)C)cc4C4(C)CCCCC14C)B3c1ccc(C3c4ccc(C(C)(C)C)cc4C4(C)CCCCC34C)cc1N2c1cccc2c1C(C)(C)c1ccccc1-2. The van der Waals surface area contributed by atoms with Crippen LogP contribution in [0.25, 0.3) is 11.1 Å². The molecule has 2 saturated carbocycles. The summed E-state index contributed by atoms with van der Waals surface area (Å²) in [5.41, 5.74) is 27.8. The van der Waals surface area contributed by atoms with Gasteiger partial charge in [0, 0.05) is 39.5 Å². The van der Waals surface area contributed by atoms with Crippen molar-refractivity contribution in [3.05, 3.63) is 153 Å². The highest BCUT2D eigenvalue weighted by atomic mass is 15.3. The summed E-state index contributed by atoms with van der Waals surface area (Å²) in [5, 5.41) is 0. The van der Waals surface area contributed by atoms with Crippen molar-refractivity contribution in [2.45, 2.75) is 180 Å². The van der Waals surface area contributed by atoms with E-state index in [0.29, 0.717) is 5.92 Å². The maximum atomic E-state index is 2.92. The lowest BCUT2D eigenvalue weighted by atomic mass is 9.33. The van der Waals surface area contributed by atoms with Crippen molar-refractivity contribution in [2.75, 3.05) is 9.80 Å². The van der Waals surface area contributed by atoms with E-state index >= 15 is 0 Å². The molecule has 2 fully saturated rings. The summed E-state index contributed by atoms with van der Waals surface area (Å²) in [7, 11) is 0. The van der Waals surface area contributed by atoms with Gasteiger partial charge in [-0.25, -0.2) is 0 Å². The Hall–Kier alpha value is -5.02. The minimum atomic E-state index is -0.178. The van der Waals surface area contributed by atoms with E-state index in [1.807, 2.05) is 0 Å². The predicted octanol–water partition coefficient (Wildman–Crippen LogP) is 15.2. The number of nitrogens with zero attached hydrogens (tertiary/aromatic N) is 2.